The molecule has 0 radical (unpaired) electrons. The summed E-state index contributed by atoms with van der Waals surface area (Å²) in [7, 11) is 0. The SMILES string of the molecule is C=C1CCC(Cc2ccc(F)c(C(C)(C)C)c2)C(=O)N1. The summed E-state index contributed by atoms with van der Waals surface area (Å²) in [6.45, 7) is 9.76. The highest BCUT2D eigenvalue weighted by molar-refractivity contribution is 5.81. The van der Waals surface area contributed by atoms with Crippen LogP contribution in [0.1, 0.15) is 44.7 Å². The van der Waals surface area contributed by atoms with Crippen molar-refractivity contribution in [2.24, 2.45) is 5.92 Å². The molecule has 3 heteroatoms. The molecule has 0 bridgehead atoms. The van der Waals surface area contributed by atoms with Crippen molar-refractivity contribution in [1.29, 1.82) is 0 Å². The lowest BCUT2D eigenvalue weighted by Crippen LogP contribution is -2.35. The third-order valence-electron chi connectivity index (χ3n) is 3.79. The van der Waals surface area contributed by atoms with Crippen molar-refractivity contribution < 1.29 is 9.18 Å². The fraction of sp³-hybridized carbons (Fsp3) is 0.471. The number of piperidine rings is 1. The smallest absolute Gasteiger partial charge is 0.227 e. The van der Waals surface area contributed by atoms with Crippen LogP contribution in [0.4, 0.5) is 4.39 Å². The highest BCUT2D eigenvalue weighted by Crippen LogP contribution is 2.28. The Kier molecular flexibility index (Phi) is 3.98. The number of rotatable bonds is 2. The van der Waals surface area contributed by atoms with Gasteiger partial charge in [-0.1, -0.05) is 39.5 Å². The average Bonchev–Trinajstić information content (AvgIpc) is 2.33. The summed E-state index contributed by atoms with van der Waals surface area (Å²) >= 11 is 0. The molecule has 108 valence electrons. The Balaban J connectivity index is 2.18. The van der Waals surface area contributed by atoms with E-state index in [0.717, 1.165) is 24.1 Å². The minimum absolute atomic E-state index is 0.0304. The van der Waals surface area contributed by atoms with Crippen molar-refractivity contribution in [3.63, 3.8) is 0 Å². The fourth-order valence-corrected chi connectivity index (χ4v) is 2.57. The van der Waals surface area contributed by atoms with Crippen LogP contribution in [0.3, 0.4) is 0 Å². The summed E-state index contributed by atoms with van der Waals surface area (Å²) < 4.78 is 13.9. The van der Waals surface area contributed by atoms with Crippen molar-refractivity contribution >= 4 is 5.91 Å². The molecule has 1 aromatic rings. The standard InChI is InChI=1S/C17H22FNO/c1-11-5-7-13(16(20)19-11)9-12-6-8-15(18)14(10-12)17(2,3)4/h6,8,10,13H,1,5,7,9H2,2-4H3,(H,19,20). The maximum absolute atomic E-state index is 13.9. The lowest BCUT2D eigenvalue weighted by Gasteiger charge is -2.25. The molecular weight excluding hydrogens is 253 g/mol. The van der Waals surface area contributed by atoms with Gasteiger partial charge in [-0.25, -0.2) is 4.39 Å². The molecule has 1 aliphatic heterocycles. The lowest BCUT2D eigenvalue weighted by molar-refractivity contribution is -0.125. The first-order valence-corrected chi connectivity index (χ1v) is 7.05. The topological polar surface area (TPSA) is 29.1 Å². The predicted molar refractivity (Wildman–Crippen MR) is 78.8 cm³/mol. The molecular formula is C17H22FNO. The summed E-state index contributed by atoms with van der Waals surface area (Å²) in [6, 6.07) is 5.18. The molecule has 1 fully saturated rings. The van der Waals surface area contributed by atoms with Gasteiger partial charge in [0.15, 0.2) is 0 Å². The van der Waals surface area contributed by atoms with Gasteiger partial charge in [0.05, 0.1) is 0 Å². The third kappa shape index (κ3) is 3.27. The second-order valence-corrected chi connectivity index (χ2v) is 6.60. The quantitative estimate of drug-likeness (QED) is 0.876. The van der Waals surface area contributed by atoms with Crippen LogP contribution in [0.2, 0.25) is 0 Å². The Labute approximate surface area is 120 Å². The first-order chi connectivity index (χ1) is 9.27. The zero-order valence-electron chi connectivity index (χ0n) is 12.4. The molecule has 1 heterocycles. The maximum Gasteiger partial charge on any atom is 0.227 e. The van der Waals surface area contributed by atoms with Crippen LogP contribution in [0, 0.1) is 11.7 Å². The number of hydrogen-bond acceptors (Lipinski definition) is 1. The maximum atomic E-state index is 13.9. The molecule has 2 nitrogen and oxygen atoms in total. The van der Waals surface area contributed by atoms with Crippen LogP contribution in [0.25, 0.3) is 0 Å². The number of benzene rings is 1. The second-order valence-electron chi connectivity index (χ2n) is 6.60. The van der Waals surface area contributed by atoms with Gasteiger partial charge in [-0.05, 0) is 41.9 Å². The van der Waals surface area contributed by atoms with Gasteiger partial charge in [-0.3, -0.25) is 4.79 Å². The van der Waals surface area contributed by atoms with Gasteiger partial charge < -0.3 is 5.32 Å². The van der Waals surface area contributed by atoms with E-state index in [1.807, 2.05) is 26.8 Å². The number of hydrogen-bond donors (Lipinski definition) is 1. The van der Waals surface area contributed by atoms with E-state index >= 15 is 0 Å². The Morgan fingerprint density at radius 2 is 2.10 bits per heavy atom. The summed E-state index contributed by atoms with van der Waals surface area (Å²) in [5.74, 6) is -0.190. The van der Waals surface area contributed by atoms with Crippen LogP contribution >= 0.6 is 0 Å². The number of carbonyl (C=O) groups is 1. The molecule has 1 saturated heterocycles. The molecule has 1 atom stereocenters. The minimum atomic E-state index is -0.233. The number of halogens is 1. The number of amides is 1. The summed E-state index contributed by atoms with van der Waals surface area (Å²) in [6.07, 6.45) is 2.29. The Hall–Kier alpha value is -1.64. The van der Waals surface area contributed by atoms with Gasteiger partial charge in [0.2, 0.25) is 5.91 Å². The monoisotopic (exact) mass is 275 g/mol. The minimum Gasteiger partial charge on any atom is -0.330 e. The highest BCUT2D eigenvalue weighted by atomic mass is 19.1. The molecule has 0 aromatic heterocycles. The van der Waals surface area contributed by atoms with Crippen molar-refractivity contribution in [1.82, 2.24) is 5.32 Å². The Morgan fingerprint density at radius 1 is 1.40 bits per heavy atom. The van der Waals surface area contributed by atoms with Gasteiger partial charge >= 0.3 is 0 Å². The summed E-state index contributed by atoms with van der Waals surface area (Å²) in [5, 5.41) is 2.80. The zero-order valence-corrected chi connectivity index (χ0v) is 12.4. The average molecular weight is 275 g/mol. The van der Waals surface area contributed by atoms with E-state index in [2.05, 4.69) is 11.9 Å². The third-order valence-corrected chi connectivity index (χ3v) is 3.79. The number of allylic oxidation sites excluding steroid dienone is 1. The molecule has 0 saturated carbocycles. The molecule has 1 amide bonds. The first-order valence-electron chi connectivity index (χ1n) is 7.05. The zero-order chi connectivity index (χ0) is 14.9. The van der Waals surface area contributed by atoms with Crippen LogP contribution in [-0.2, 0) is 16.6 Å². The van der Waals surface area contributed by atoms with Gasteiger partial charge in [0, 0.05) is 11.6 Å². The van der Waals surface area contributed by atoms with Crippen LogP contribution < -0.4 is 5.32 Å². The molecule has 1 N–H and O–H groups in total. The Morgan fingerprint density at radius 3 is 2.70 bits per heavy atom. The van der Waals surface area contributed by atoms with Crippen molar-refractivity contribution in [2.75, 3.05) is 0 Å². The molecule has 20 heavy (non-hydrogen) atoms. The molecule has 1 unspecified atom stereocenters. The number of nitrogens with one attached hydrogen (secondary N) is 1. The van der Waals surface area contributed by atoms with E-state index in [1.165, 1.54) is 6.07 Å². The van der Waals surface area contributed by atoms with E-state index in [4.69, 9.17) is 0 Å². The van der Waals surface area contributed by atoms with E-state index in [9.17, 15) is 9.18 Å². The van der Waals surface area contributed by atoms with Gasteiger partial charge in [-0.15, -0.1) is 0 Å². The predicted octanol–water partition coefficient (Wildman–Crippen LogP) is 3.71. The highest BCUT2D eigenvalue weighted by Gasteiger charge is 2.25. The van der Waals surface area contributed by atoms with Gasteiger partial charge in [-0.2, -0.15) is 0 Å². The van der Waals surface area contributed by atoms with Crippen LogP contribution in [0.5, 0.6) is 0 Å². The first kappa shape index (κ1) is 14.8. The largest absolute Gasteiger partial charge is 0.330 e. The Bertz CT molecular complexity index is 542. The van der Waals surface area contributed by atoms with E-state index in [-0.39, 0.29) is 23.1 Å². The van der Waals surface area contributed by atoms with Gasteiger partial charge in [0.25, 0.3) is 0 Å². The summed E-state index contributed by atoms with van der Waals surface area (Å²) in [5.41, 5.74) is 2.28. The van der Waals surface area contributed by atoms with E-state index in [0.29, 0.717) is 12.0 Å². The molecule has 1 aromatic carbocycles. The molecule has 2 rings (SSSR count). The van der Waals surface area contributed by atoms with E-state index in [1.54, 1.807) is 6.07 Å². The lowest BCUT2D eigenvalue weighted by atomic mass is 9.83. The summed E-state index contributed by atoms with van der Waals surface area (Å²) in [4.78, 5) is 11.9. The molecule has 0 aliphatic carbocycles. The van der Waals surface area contributed by atoms with Crippen LogP contribution in [0.15, 0.2) is 30.5 Å². The molecule has 0 spiro atoms. The van der Waals surface area contributed by atoms with Gasteiger partial charge in [0.1, 0.15) is 5.82 Å². The van der Waals surface area contributed by atoms with Crippen molar-refractivity contribution in [3.05, 3.63) is 47.4 Å². The fourth-order valence-electron chi connectivity index (χ4n) is 2.57. The molecule has 1 aliphatic rings. The van der Waals surface area contributed by atoms with Crippen molar-refractivity contribution in [2.45, 2.75) is 45.4 Å². The number of carbonyl (C=O) groups excluding carboxylic acids is 1. The second kappa shape index (κ2) is 5.39. The normalized spacial score (nSPS) is 19.9. The van der Waals surface area contributed by atoms with Crippen LogP contribution in [-0.4, -0.2) is 5.91 Å². The van der Waals surface area contributed by atoms with Crippen molar-refractivity contribution in [3.8, 4) is 0 Å². The van der Waals surface area contributed by atoms with E-state index < -0.39 is 0 Å².